The van der Waals surface area contributed by atoms with E-state index in [2.05, 4.69) is 15.6 Å². The van der Waals surface area contributed by atoms with E-state index < -0.39 is 4.92 Å². The third-order valence-corrected chi connectivity index (χ3v) is 6.12. The highest BCUT2D eigenvalue weighted by molar-refractivity contribution is 6.12. The molecule has 1 aliphatic heterocycles. The Kier molecular flexibility index (Phi) is 6.42. The number of carbonyl (C=O) groups excluding carboxylic acids is 1. The number of benzene rings is 3. The van der Waals surface area contributed by atoms with Gasteiger partial charge in [0.25, 0.3) is 5.91 Å². The monoisotopic (exact) mass is 496 g/mol. The average Bonchev–Trinajstić information content (AvgIpc) is 3.04. The van der Waals surface area contributed by atoms with Crippen molar-refractivity contribution in [2.45, 2.75) is 13.3 Å². The third kappa shape index (κ3) is 5.06. The lowest BCUT2D eigenvalue weighted by atomic mass is 10.0. The summed E-state index contributed by atoms with van der Waals surface area (Å²) in [5.74, 6) is 0.657. The summed E-state index contributed by atoms with van der Waals surface area (Å²) in [6, 6.07) is 19.7. The Hall–Kier alpha value is -4.92. The SMILES string of the molecule is COc1cc(-c2ccc3c(c2)Nc2ccc(CCOc4ccc(C)nc4)cc2NC3=O)ccc1[N+](=O)[O-]. The molecule has 37 heavy (non-hydrogen) atoms. The van der Waals surface area contributed by atoms with Gasteiger partial charge in [0.05, 0.1) is 47.5 Å². The molecule has 1 amide bonds. The first kappa shape index (κ1) is 23.8. The standard InChI is InChI=1S/C28H24N4O5/c1-17-3-7-21(16-29-17)37-12-11-18-4-9-23-25(13-18)31-28(33)22-8-5-19(14-24(22)30-23)20-6-10-26(32(34)35)27(15-20)36-2/h3-10,13-16,30H,11-12H2,1-2H3,(H,31,33). The van der Waals surface area contributed by atoms with Crippen LogP contribution in [0.25, 0.3) is 11.1 Å². The van der Waals surface area contributed by atoms with Crippen LogP contribution in [-0.2, 0) is 6.42 Å². The number of methoxy groups -OCH3 is 1. The highest BCUT2D eigenvalue weighted by Gasteiger charge is 2.21. The molecule has 3 aromatic carbocycles. The van der Waals surface area contributed by atoms with Crippen LogP contribution in [0.2, 0.25) is 0 Å². The van der Waals surface area contributed by atoms with Gasteiger partial charge in [0, 0.05) is 18.2 Å². The number of nitro benzene ring substituents is 1. The molecule has 0 radical (unpaired) electrons. The van der Waals surface area contributed by atoms with Gasteiger partial charge in [0.2, 0.25) is 0 Å². The minimum atomic E-state index is -0.484. The Morgan fingerprint density at radius 3 is 2.49 bits per heavy atom. The van der Waals surface area contributed by atoms with Crippen molar-refractivity contribution < 1.29 is 19.2 Å². The summed E-state index contributed by atoms with van der Waals surface area (Å²) in [5.41, 5.74) is 5.93. The number of nitrogens with zero attached hydrogens (tertiary/aromatic N) is 2. The van der Waals surface area contributed by atoms with Gasteiger partial charge in [-0.1, -0.05) is 12.1 Å². The number of fused-ring (bicyclic) bond motifs is 2. The van der Waals surface area contributed by atoms with Gasteiger partial charge >= 0.3 is 5.69 Å². The minimum Gasteiger partial charge on any atom is -0.492 e. The normalized spacial score (nSPS) is 11.9. The van der Waals surface area contributed by atoms with Crippen LogP contribution in [0.15, 0.2) is 72.9 Å². The molecule has 0 saturated carbocycles. The Labute approximate surface area is 213 Å². The molecule has 0 atom stereocenters. The Morgan fingerprint density at radius 2 is 1.73 bits per heavy atom. The van der Waals surface area contributed by atoms with Crippen molar-refractivity contribution in [2.24, 2.45) is 0 Å². The molecule has 0 unspecified atom stereocenters. The number of anilines is 3. The lowest BCUT2D eigenvalue weighted by Gasteiger charge is -2.12. The van der Waals surface area contributed by atoms with Gasteiger partial charge in [-0.25, -0.2) is 0 Å². The van der Waals surface area contributed by atoms with Crippen molar-refractivity contribution in [3.05, 3.63) is 99.9 Å². The van der Waals surface area contributed by atoms with Gasteiger partial charge < -0.3 is 20.1 Å². The summed E-state index contributed by atoms with van der Waals surface area (Å²) >= 11 is 0. The summed E-state index contributed by atoms with van der Waals surface area (Å²) in [4.78, 5) is 28.0. The van der Waals surface area contributed by atoms with Crippen LogP contribution in [0.1, 0.15) is 21.6 Å². The fourth-order valence-corrected chi connectivity index (χ4v) is 4.15. The van der Waals surface area contributed by atoms with Gasteiger partial charge in [-0.15, -0.1) is 0 Å². The fourth-order valence-electron chi connectivity index (χ4n) is 4.15. The van der Waals surface area contributed by atoms with Crippen LogP contribution in [0.3, 0.4) is 0 Å². The van der Waals surface area contributed by atoms with E-state index in [9.17, 15) is 14.9 Å². The van der Waals surface area contributed by atoms with E-state index in [1.165, 1.54) is 13.2 Å². The van der Waals surface area contributed by atoms with E-state index in [1.54, 1.807) is 30.5 Å². The molecule has 0 fully saturated rings. The van der Waals surface area contributed by atoms with Crippen molar-refractivity contribution in [1.82, 2.24) is 4.98 Å². The molecule has 1 aliphatic rings. The number of hydrogen-bond donors (Lipinski definition) is 2. The molecular formula is C28H24N4O5. The van der Waals surface area contributed by atoms with Gasteiger partial charge in [0.15, 0.2) is 5.75 Å². The predicted octanol–water partition coefficient (Wildman–Crippen LogP) is 5.90. The van der Waals surface area contributed by atoms with Gasteiger partial charge in [-0.05, 0) is 72.1 Å². The third-order valence-electron chi connectivity index (χ3n) is 6.12. The van der Waals surface area contributed by atoms with Crippen LogP contribution < -0.4 is 20.1 Å². The molecule has 5 rings (SSSR count). The number of aromatic nitrogens is 1. The number of ether oxygens (including phenoxy) is 2. The fraction of sp³-hybridized carbons (Fsp3) is 0.143. The molecule has 4 aromatic rings. The number of nitrogens with one attached hydrogen (secondary N) is 2. The van der Waals surface area contributed by atoms with E-state index in [0.29, 0.717) is 35.7 Å². The number of hydrogen-bond acceptors (Lipinski definition) is 7. The first-order valence-electron chi connectivity index (χ1n) is 11.6. The molecule has 0 bridgehead atoms. The van der Waals surface area contributed by atoms with Crippen molar-refractivity contribution in [2.75, 3.05) is 24.4 Å². The number of rotatable bonds is 7. The summed E-state index contributed by atoms with van der Waals surface area (Å²) < 4.78 is 11.0. The summed E-state index contributed by atoms with van der Waals surface area (Å²) in [6.45, 7) is 2.40. The zero-order valence-electron chi connectivity index (χ0n) is 20.3. The molecule has 9 heteroatoms. The number of pyridine rings is 1. The molecule has 1 aromatic heterocycles. The second-order valence-electron chi connectivity index (χ2n) is 8.60. The lowest BCUT2D eigenvalue weighted by Crippen LogP contribution is -2.11. The van der Waals surface area contributed by atoms with Gasteiger partial charge in [0.1, 0.15) is 5.75 Å². The molecule has 2 heterocycles. The summed E-state index contributed by atoms with van der Waals surface area (Å²) in [5, 5.41) is 17.6. The Balaban J connectivity index is 1.36. The van der Waals surface area contributed by atoms with E-state index in [4.69, 9.17) is 9.47 Å². The minimum absolute atomic E-state index is 0.107. The first-order valence-corrected chi connectivity index (χ1v) is 11.6. The molecular weight excluding hydrogens is 472 g/mol. The second-order valence-corrected chi connectivity index (χ2v) is 8.60. The summed E-state index contributed by atoms with van der Waals surface area (Å²) in [6.07, 6.45) is 2.37. The van der Waals surface area contributed by atoms with E-state index >= 15 is 0 Å². The lowest BCUT2D eigenvalue weighted by molar-refractivity contribution is -0.385. The number of aryl methyl sites for hydroxylation is 1. The molecule has 0 aliphatic carbocycles. The van der Waals surface area contributed by atoms with Crippen molar-refractivity contribution in [3.63, 3.8) is 0 Å². The number of nitro groups is 1. The Morgan fingerprint density at radius 1 is 0.919 bits per heavy atom. The topological polar surface area (TPSA) is 116 Å². The van der Waals surface area contributed by atoms with Crippen LogP contribution in [0, 0.1) is 17.0 Å². The quantitative estimate of drug-likeness (QED) is 0.242. The van der Waals surface area contributed by atoms with Crippen LogP contribution in [0.5, 0.6) is 11.5 Å². The van der Waals surface area contributed by atoms with Crippen molar-refractivity contribution in [1.29, 1.82) is 0 Å². The smallest absolute Gasteiger partial charge is 0.310 e. The molecule has 0 saturated heterocycles. The molecule has 9 nitrogen and oxygen atoms in total. The van der Waals surface area contributed by atoms with Crippen LogP contribution in [-0.4, -0.2) is 29.5 Å². The Bertz CT molecular complexity index is 1500. The second kappa shape index (κ2) is 9.98. The zero-order valence-corrected chi connectivity index (χ0v) is 20.3. The van der Waals surface area contributed by atoms with Crippen LogP contribution >= 0.6 is 0 Å². The number of amides is 1. The molecule has 0 spiro atoms. The van der Waals surface area contributed by atoms with Crippen LogP contribution in [0.4, 0.5) is 22.7 Å². The van der Waals surface area contributed by atoms with Gasteiger partial charge in [-0.3, -0.25) is 19.9 Å². The summed E-state index contributed by atoms with van der Waals surface area (Å²) in [7, 11) is 1.39. The van der Waals surface area contributed by atoms with Gasteiger partial charge in [-0.2, -0.15) is 0 Å². The van der Waals surface area contributed by atoms with Crippen molar-refractivity contribution >= 4 is 28.7 Å². The van der Waals surface area contributed by atoms with E-state index in [0.717, 1.165) is 28.1 Å². The predicted molar refractivity (Wildman–Crippen MR) is 141 cm³/mol. The molecule has 2 N–H and O–H groups in total. The van der Waals surface area contributed by atoms with E-state index in [-0.39, 0.29) is 17.3 Å². The van der Waals surface area contributed by atoms with Crippen molar-refractivity contribution in [3.8, 4) is 22.6 Å². The highest BCUT2D eigenvalue weighted by Crippen LogP contribution is 2.37. The first-order chi connectivity index (χ1) is 17.9. The van der Waals surface area contributed by atoms with E-state index in [1.807, 2.05) is 43.3 Å². The molecule has 186 valence electrons. The highest BCUT2D eigenvalue weighted by atomic mass is 16.6. The maximum Gasteiger partial charge on any atom is 0.310 e. The maximum atomic E-state index is 13.0. The number of carbonyl (C=O) groups is 1. The largest absolute Gasteiger partial charge is 0.492 e. The average molecular weight is 497 g/mol. The maximum absolute atomic E-state index is 13.0. The zero-order chi connectivity index (χ0) is 25.9.